The van der Waals surface area contributed by atoms with Gasteiger partial charge in [-0.25, -0.2) is 9.50 Å². The van der Waals surface area contributed by atoms with Crippen LogP contribution in [-0.4, -0.2) is 46.2 Å². The summed E-state index contributed by atoms with van der Waals surface area (Å²) < 4.78 is 1.90. The number of nitrogens with one attached hydrogen (secondary N) is 1. The summed E-state index contributed by atoms with van der Waals surface area (Å²) in [5, 5.41) is 8.11. The van der Waals surface area contributed by atoms with Crippen molar-refractivity contribution in [3.8, 4) is 0 Å². The molecule has 110 valence electrons. The van der Waals surface area contributed by atoms with Crippen LogP contribution >= 0.6 is 0 Å². The van der Waals surface area contributed by atoms with Gasteiger partial charge in [-0.1, -0.05) is 20.8 Å². The molecule has 0 bridgehead atoms. The quantitative estimate of drug-likeness (QED) is 0.930. The van der Waals surface area contributed by atoms with E-state index in [-0.39, 0.29) is 5.41 Å². The second-order valence-electron chi connectivity index (χ2n) is 6.69. The maximum atomic E-state index is 4.64. The van der Waals surface area contributed by atoms with Crippen LogP contribution in [0, 0.1) is 0 Å². The zero-order valence-corrected chi connectivity index (χ0v) is 13.3. The van der Waals surface area contributed by atoms with E-state index >= 15 is 0 Å². The van der Waals surface area contributed by atoms with Gasteiger partial charge in [-0.05, 0) is 27.1 Å². The largest absolute Gasteiger partial charge is 0.365 e. The van der Waals surface area contributed by atoms with E-state index in [4.69, 9.17) is 0 Å². The monoisotopic (exact) mass is 275 g/mol. The van der Waals surface area contributed by atoms with Crippen LogP contribution in [0.2, 0.25) is 0 Å². The van der Waals surface area contributed by atoms with Crippen LogP contribution in [0.1, 0.15) is 33.4 Å². The average Bonchev–Trinajstić information content (AvgIpc) is 2.72. The van der Waals surface area contributed by atoms with Crippen LogP contribution in [0.15, 0.2) is 18.5 Å². The lowest BCUT2D eigenvalue weighted by Crippen LogP contribution is -2.30. The van der Waals surface area contributed by atoms with Crippen LogP contribution in [0.25, 0.3) is 5.52 Å². The standard InChI is InChI=1S/C15H25N5/c1-11(10-19(5)6)17-14-12-9-13(15(2,3)4)18-20(12)8-7-16-14/h7-9,11H,10H2,1-6H3,(H,16,17). The maximum absolute atomic E-state index is 4.64. The number of fused-ring (bicyclic) bond motifs is 1. The zero-order valence-electron chi connectivity index (χ0n) is 13.3. The summed E-state index contributed by atoms with van der Waals surface area (Å²) in [4.78, 5) is 6.62. The molecule has 1 atom stereocenters. The molecule has 0 spiro atoms. The molecule has 1 N–H and O–H groups in total. The third kappa shape index (κ3) is 3.28. The van der Waals surface area contributed by atoms with Crippen molar-refractivity contribution in [1.82, 2.24) is 19.5 Å². The Balaban J connectivity index is 2.32. The first kappa shape index (κ1) is 14.8. The summed E-state index contributed by atoms with van der Waals surface area (Å²) in [6.07, 6.45) is 3.68. The van der Waals surface area contributed by atoms with E-state index in [1.807, 2.05) is 10.7 Å². The van der Waals surface area contributed by atoms with Gasteiger partial charge >= 0.3 is 0 Å². The minimum absolute atomic E-state index is 0.0402. The Hall–Kier alpha value is -1.62. The topological polar surface area (TPSA) is 45.5 Å². The fourth-order valence-corrected chi connectivity index (χ4v) is 2.23. The normalized spacial score (nSPS) is 13.9. The molecule has 0 saturated carbocycles. The van der Waals surface area contributed by atoms with Gasteiger partial charge in [0, 0.05) is 30.4 Å². The van der Waals surface area contributed by atoms with Crippen molar-refractivity contribution in [3.63, 3.8) is 0 Å². The van der Waals surface area contributed by atoms with Crippen LogP contribution in [0.4, 0.5) is 5.82 Å². The third-order valence-corrected chi connectivity index (χ3v) is 3.18. The molecule has 0 amide bonds. The predicted molar refractivity (Wildman–Crippen MR) is 83.3 cm³/mol. The van der Waals surface area contributed by atoms with Gasteiger partial charge in [-0.15, -0.1) is 0 Å². The van der Waals surface area contributed by atoms with E-state index in [1.165, 1.54) is 0 Å². The minimum Gasteiger partial charge on any atom is -0.365 e. The highest BCUT2D eigenvalue weighted by molar-refractivity contribution is 5.68. The van der Waals surface area contributed by atoms with Gasteiger partial charge < -0.3 is 10.2 Å². The average molecular weight is 275 g/mol. The summed E-state index contributed by atoms with van der Waals surface area (Å²) in [5.41, 5.74) is 2.15. The molecule has 0 aliphatic heterocycles. The molecule has 0 aromatic carbocycles. The maximum Gasteiger partial charge on any atom is 0.152 e. The van der Waals surface area contributed by atoms with E-state index in [1.54, 1.807) is 6.20 Å². The Morgan fingerprint density at radius 1 is 1.35 bits per heavy atom. The molecular weight excluding hydrogens is 250 g/mol. The van der Waals surface area contributed by atoms with E-state index in [0.29, 0.717) is 6.04 Å². The van der Waals surface area contributed by atoms with Crippen molar-refractivity contribution in [2.45, 2.75) is 39.2 Å². The highest BCUT2D eigenvalue weighted by Crippen LogP contribution is 2.24. The molecule has 0 radical (unpaired) electrons. The molecule has 0 aliphatic carbocycles. The fourth-order valence-electron chi connectivity index (χ4n) is 2.23. The Kier molecular flexibility index (Phi) is 3.99. The fraction of sp³-hybridized carbons (Fsp3) is 0.600. The minimum atomic E-state index is 0.0402. The zero-order chi connectivity index (χ0) is 14.9. The van der Waals surface area contributed by atoms with E-state index < -0.39 is 0 Å². The number of anilines is 1. The van der Waals surface area contributed by atoms with E-state index in [2.05, 4.69) is 68.2 Å². The number of rotatable bonds is 4. The molecule has 2 rings (SSSR count). The number of likely N-dealkylation sites (N-methyl/N-ethyl adjacent to an activating group) is 1. The second kappa shape index (κ2) is 5.40. The summed E-state index contributed by atoms with van der Waals surface area (Å²) >= 11 is 0. The molecule has 0 fully saturated rings. The van der Waals surface area contributed by atoms with Crippen LogP contribution in [-0.2, 0) is 5.41 Å². The highest BCUT2D eigenvalue weighted by Gasteiger charge is 2.19. The van der Waals surface area contributed by atoms with Gasteiger partial charge in [0.1, 0.15) is 5.52 Å². The van der Waals surface area contributed by atoms with E-state index in [0.717, 1.165) is 23.6 Å². The van der Waals surface area contributed by atoms with Crippen molar-refractivity contribution in [3.05, 3.63) is 24.2 Å². The van der Waals surface area contributed by atoms with Gasteiger partial charge in [-0.3, -0.25) is 0 Å². The Labute approximate surface area is 121 Å². The van der Waals surface area contributed by atoms with Gasteiger partial charge in [0.2, 0.25) is 0 Å². The molecule has 5 nitrogen and oxygen atoms in total. The molecular formula is C15H25N5. The second-order valence-corrected chi connectivity index (χ2v) is 6.69. The molecule has 0 aliphatic rings. The predicted octanol–water partition coefficient (Wildman–Crippen LogP) is 2.39. The lowest BCUT2D eigenvalue weighted by atomic mass is 9.92. The third-order valence-electron chi connectivity index (χ3n) is 3.18. The Bertz CT molecular complexity index is 579. The van der Waals surface area contributed by atoms with Gasteiger partial charge in [0.15, 0.2) is 5.82 Å². The van der Waals surface area contributed by atoms with Crippen molar-refractivity contribution in [2.24, 2.45) is 0 Å². The molecule has 1 unspecified atom stereocenters. The first-order chi connectivity index (χ1) is 9.27. The Morgan fingerprint density at radius 3 is 2.65 bits per heavy atom. The lowest BCUT2D eigenvalue weighted by Gasteiger charge is -2.19. The molecule has 0 saturated heterocycles. The van der Waals surface area contributed by atoms with E-state index in [9.17, 15) is 0 Å². The molecule has 2 aromatic rings. The summed E-state index contributed by atoms with van der Waals surface area (Å²) in [7, 11) is 4.14. The number of hydrogen-bond donors (Lipinski definition) is 1. The molecule has 2 heterocycles. The summed E-state index contributed by atoms with van der Waals surface area (Å²) in [5.74, 6) is 0.893. The van der Waals surface area contributed by atoms with Gasteiger partial charge in [0.05, 0.1) is 5.69 Å². The Morgan fingerprint density at radius 2 is 2.05 bits per heavy atom. The van der Waals surface area contributed by atoms with Crippen molar-refractivity contribution in [2.75, 3.05) is 26.0 Å². The molecule has 20 heavy (non-hydrogen) atoms. The van der Waals surface area contributed by atoms with Crippen LogP contribution < -0.4 is 5.32 Å². The number of nitrogens with zero attached hydrogens (tertiary/aromatic N) is 4. The first-order valence-corrected chi connectivity index (χ1v) is 7.03. The smallest absolute Gasteiger partial charge is 0.152 e. The SMILES string of the molecule is CC(CN(C)C)Nc1nccn2nc(C(C)(C)C)cc12. The van der Waals surface area contributed by atoms with Crippen molar-refractivity contribution < 1.29 is 0 Å². The summed E-state index contributed by atoms with van der Waals surface area (Å²) in [6.45, 7) is 9.63. The van der Waals surface area contributed by atoms with Crippen LogP contribution in [0.3, 0.4) is 0 Å². The molecule has 5 heteroatoms. The van der Waals surface area contributed by atoms with Crippen molar-refractivity contribution >= 4 is 11.3 Å². The lowest BCUT2D eigenvalue weighted by molar-refractivity contribution is 0.392. The summed E-state index contributed by atoms with van der Waals surface area (Å²) in [6, 6.07) is 2.45. The number of hydrogen-bond acceptors (Lipinski definition) is 4. The number of aromatic nitrogens is 3. The van der Waals surface area contributed by atoms with Gasteiger partial charge in [0.25, 0.3) is 0 Å². The highest BCUT2D eigenvalue weighted by atomic mass is 15.2. The first-order valence-electron chi connectivity index (χ1n) is 7.03. The van der Waals surface area contributed by atoms with Crippen LogP contribution in [0.5, 0.6) is 0 Å². The van der Waals surface area contributed by atoms with Gasteiger partial charge in [-0.2, -0.15) is 5.10 Å². The molecule has 2 aromatic heterocycles. The van der Waals surface area contributed by atoms with Crippen molar-refractivity contribution in [1.29, 1.82) is 0 Å².